The summed E-state index contributed by atoms with van der Waals surface area (Å²) in [6.07, 6.45) is 0.942. The van der Waals surface area contributed by atoms with E-state index in [4.69, 9.17) is 14.2 Å². The van der Waals surface area contributed by atoms with Gasteiger partial charge in [0.15, 0.2) is 6.04 Å². The standard InChI is InChI=1S/C19H25NO6/c1-19(2,3)26-18(23)20-10-15(9-16(20)17(21)22)14-7-5-6-13(8-14)11-25-12-24-4/h5-9,16H,10-12H2,1-4H3,(H,21,22). The molecule has 1 aromatic carbocycles. The van der Waals surface area contributed by atoms with Crippen molar-refractivity contribution in [1.82, 2.24) is 4.90 Å². The van der Waals surface area contributed by atoms with Crippen molar-refractivity contribution >= 4 is 17.6 Å². The van der Waals surface area contributed by atoms with Crippen LogP contribution in [0, 0.1) is 0 Å². The Balaban J connectivity index is 2.17. The molecule has 0 saturated carbocycles. The Morgan fingerprint density at radius 3 is 2.65 bits per heavy atom. The number of carboxylic acid groups (broad SMARTS) is 1. The van der Waals surface area contributed by atoms with Gasteiger partial charge in [0, 0.05) is 7.11 Å². The summed E-state index contributed by atoms with van der Waals surface area (Å²) in [5, 5.41) is 9.47. The smallest absolute Gasteiger partial charge is 0.411 e. The number of amides is 1. The molecule has 0 saturated heterocycles. The van der Waals surface area contributed by atoms with Gasteiger partial charge in [0.05, 0.1) is 13.2 Å². The Labute approximate surface area is 153 Å². The van der Waals surface area contributed by atoms with Crippen LogP contribution in [-0.2, 0) is 25.6 Å². The van der Waals surface area contributed by atoms with E-state index >= 15 is 0 Å². The van der Waals surface area contributed by atoms with Gasteiger partial charge in [-0.25, -0.2) is 9.59 Å². The van der Waals surface area contributed by atoms with Crippen molar-refractivity contribution in [2.45, 2.75) is 39.0 Å². The Hall–Kier alpha value is -2.38. The summed E-state index contributed by atoms with van der Waals surface area (Å²) in [7, 11) is 1.55. The molecule has 0 aromatic heterocycles. The molecule has 0 aliphatic carbocycles. The summed E-state index contributed by atoms with van der Waals surface area (Å²) < 4.78 is 15.5. The molecule has 1 amide bonds. The average Bonchev–Trinajstić information content (AvgIpc) is 3.00. The maximum absolute atomic E-state index is 12.4. The summed E-state index contributed by atoms with van der Waals surface area (Å²) in [5.41, 5.74) is 1.85. The predicted molar refractivity (Wildman–Crippen MR) is 95.4 cm³/mol. The number of carboxylic acids is 1. The summed E-state index contributed by atoms with van der Waals surface area (Å²) in [6.45, 7) is 5.99. The molecular formula is C19H25NO6. The fraction of sp³-hybridized carbons (Fsp3) is 0.474. The van der Waals surface area contributed by atoms with E-state index in [2.05, 4.69) is 0 Å². The molecule has 142 valence electrons. The zero-order chi connectivity index (χ0) is 19.3. The molecule has 1 heterocycles. The molecule has 7 nitrogen and oxygen atoms in total. The minimum absolute atomic E-state index is 0.175. The van der Waals surface area contributed by atoms with Gasteiger partial charge < -0.3 is 19.3 Å². The first-order valence-corrected chi connectivity index (χ1v) is 8.30. The SMILES string of the molecule is COCOCc1cccc(C2=CC(C(=O)O)N(C(=O)OC(C)(C)C)C2)c1. The number of hydrogen-bond donors (Lipinski definition) is 1. The minimum Gasteiger partial charge on any atom is -0.479 e. The Morgan fingerprint density at radius 1 is 1.31 bits per heavy atom. The second-order valence-electron chi connectivity index (χ2n) is 7.04. The van der Waals surface area contributed by atoms with Crippen LogP contribution in [0.5, 0.6) is 0 Å². The van der Waals surface area contributed by atoms with E-state index in [-0.39, 0.29) is 13.3 Å². The van der Waals surface area contributed by atoms with Crippen LogP contribution in [0.15, 0.2) is 30.3 Å². The third kappa shape index (κ3) is 5.31. The van der Waals surface area contributed by atoms with Crippen LogP contribution in [-0.4, -0.2) is 54.2 Å². The van der Waals surface area contributed by atoms with Gasteiger partial charge in [0.25, 0.3) is 0 Å². The Morgan fingerprint density at radius 2 is 2.04 bits per heavy atom. The van der Waals surface area contributed by atoms with Gasteiger partial charge in [0.2, 0.25) is 0 Å². The van der Waals surface area contributed by atoms with E-state index in [1.54, 1.807) is 34.0 Å². The number of methoxy groups -OCH3 is 1. The molecule has 1 aliphatic heterocycles. The van der Waals surface area contributed by atoms with Crippen molar-refractivity contribution in [3.8, 4) is 0 Å². The van der Waals surface area contributed by atoms with Crippen LogP contribution in [0.25, 0.3) is 5.57 Å². The average molecular weight is 363 g/mol. The van der Waals surface area contributed by atoms with Crippen LogP contribution in [0.4, 0.5) is 4.79 Å². The Bertz CT molecular complexity index is 692. The van der Waals surface area contributed by atoms with E-state index in [1.165, 1.54) is 4.90 Å². The zero-order valence-corrected chi connectivity index (χ0v) is 15.5. The summed E-state index contributed by atoms with van der Waals surface area (Å²) in [6, 6.07) is 6.53. The first-order valence-electron chi connectivity index (χ1n) is 8.30. The topological polar surface area (TPSA) is 85.3 Å². The molecule has 26 heavy (non-hydrogen) atoms. The molecular weight excluding hydrogens is 338 g/mol. The van der Waals surface area contributed by atoms with Gasteiger partial charge in [-0.1, -0.05) is 18.2 Å². The lowest BCUT2D eigenvalue weighted by molar-refractivity contribution is -0.140. The van der Waals surface area contributed by atoms with E-state index in [0.717, 1.165) is 16.7 Å². The largest absolute Gasteiger partial charge is 0.479 e. The minimum atomic E-state index is -1.09. The molecule has 1 aromatic rings. The van der Waals surface area contributed by atoms with Crippen molar-refractivity contribution in [1.29, 1.82) is 0 Å². The summed E-state index contributed by atoms with van der Waals surface area (Å²) in [5.74, 6) is -1.09. The van der Waals surface area contributed by atoms with Crippen LogP contribution >= 0.6 is 0 Å². The monoisotopic (exact) mass is 363 g/mol. The highest BCUT2D eigenvalue weighted by atomic mass is 16.7. The second kappa shape index (κ2) is 8.33. The number of carbonyl (C=O) groups excluding carboxylic acids is 1. The third-order valence-electron chi connectivity index (χ3n) is 3.68. The summed E-state index contributed by atoms with van der Waals surface area (Å²) in [4.78, 5) is 25.2. The summed E-state index contributed by atoms with van der Waals surface area (Å²) >= 11 is 0. The van der Waals surface area contributed by atoms with Crippen molar-refractivity contribution in [3.63, 3.8) is 0 Å². The van der Waals surface area contributed by atoms with Gasteiger partial charge in [-0.2, -0.15) is 0 Å². The zero-order valence-electron chi connectivity index (χ0n) is 15.5. The number of nitrogens with zero attached hydrogens (tertiary/aromatic N) is 1. The van der Waals surface area contributed by atoms with Gasteiger partial charge in [-0.05, 0) is 49.6 Å². The van der Waals surface area contributed by atoms with Crippen LogP contribution < -0.4 is 0 Å². The number of rotatable bonds is 6. The molecule has 0 radical (unpaired) electrons. The molecule has 1 aliphatic rings. The van der Waals surface area contributed by atoms with E-state index in [1.807, 2.05) is 24.3 Å². The number of aliphatic carboxylic acids is 1. The van der Waals surface area contributed by atoms with E-state index in [9.17, 15) is 14.7 Å². The lowest BCUT2D eigenvalue weighted by Crippen LogP contribution is -2.43. The molecule has 2 rings (SSSR count). The fourth-order valence-electron chi connectivity index (χ4n) is 2.61. The molecule has 1 N–H and O–H groups in total. The number of carbonyl (C=O) groups is 2. The molecule has 1 atom stereocenters. The normalized spacial score (nSPS) is 17.2. The number of benzene rings is 1. The number of ether oxygens (including phenoxy) is 3. The van der Waals surface area contributed by atoms with Gasteiger partial charge >= 0.3 is 12.1 Å². The highest BCUT2D eigenvalue weighted by Crippen LogP contribution is 2.27. The fourth-order valence-corrected chi connectivity index (χ4v) is 2.61. The first-order chi connectivity index (χ1) is 12.2. The lowest BCUT2D eigenvalue weighted by Gasteiger charge is -2.27. The van der Waals surface area contributed by atoms with Crippen LogP contribution in [0.3, 0.4) is 0 Å². The van der Waals surface area contributed by atoms with Gasteiger partial charge in [-0.3, -0.25) is 4.90 Å². The van der Waals surface area contributed by atoms with Crippen molar-refractivity contribution in [3.05, 3.63) is 41.5 Å². The van der Waals surface area contributed by atoms with E-state index in [0.29, 0.717) is 6.61 Å². The first kappa shape index (κ1) is 19.9. The van der Waals surface area contributed by atoms with Crippen LogP contribution in [0.2, 0.25) is 0 Å². The maximum atomic E-state index is 12.4. The highest BCUT2D eigenvalue weighted by molar-refractivity contribution is 5.89. The molecule has 0 fully saturated rings. The molecule has 0 spiro atoms. The maximum Gasteiger partial charge on any atom is 0.411 e. The lowest BCUT2D eigenvalue weighted by atomic mass is 10.0. The van der Waals surface area contributed by atoms with Gasteiger partial charge in [-0.15, -0.1) is 0 Å². The number of hydrogen-bond acceptors (Lipinski definition) is 5. The predicted octanol–water partition coefficient (Wildman–Crippen LogP) is 2.89. The molecule has 0 bridgehead atoms. The third-order valence-corrected chi connectivity index (χ3v) is 3.68. The van der Waals surface area contributed by atoms with Crippen LogP contribution in [0.1, 0.15) is 31.9 Å². The van der Waals surface area contributed by atoms with E-state index < -0.39 is 23.7 Å². The van der Waals surface area contributed by atoms with Gasteiger partial charge in [0.1, 0.15) is 12.4 Å². The molecule has 7 heteroatoms. The van der Waals surface area contributed by atoms with Crippen molar-refractivity contribution < 1.29 is 28.9 Å². The quantitative estimate of drug-likeness (QED) is 0.618. The Kier molecular flexibility index (Phi) is 6.39. The second-order valence-corrected chi connectivity index (χ2v) is 7.04. The highest BCUT2D eigenvalue weighted by Gasteiger charge is 2.36. The van der Waals surface area contributed by atoms with Crippen molar-refractivity contribution in [2.75, 3.05) is 20.4 Å². The van der Waals surface area contributed by atoms with Crippen molar-refractivity contribution in [2.24, 2.45) is 0 Å². The molecule has 1 unspecified atom stereocenters.